The van der Waals surface area contributed by atoms with Crippen molar-refractivity contribution < 1.29 is 14.3 Å². The van der Waals surface area contributed by atoms with Crippen LogP contribution in [0.15, 0.2) is 24.3 Å². The van der Waals surface area contributed by atoms with Crippen LogP contribution in [0, 0.1) is 6.92 Å². The molecule has 0 aromatic heterocycles. The van der Waals surface area contributed by atoms with Crippen molar-refractivity contribution >= 4 is 12.0 Å². The molecular formula is C17H24O3. The predicted octanol–water partition coefficient (Wildman–Crippen LogP) is 4.14. The zero-order valence-corrected chi connectivity index (χ0v) is 13.2. The van der Waals surface area contributed by atoms with Gasteiger partial charge in [-0.3, -0.25) is 0 Å². The lowest BCUT2D eigenvalue weighted by atomic mass is 10.1. The average Bonchev–Trinajstić information content (AvgIpc) is 2.27. The summed E-state index contributed by atoms with van der Waals surface area (Å²) >= 11 is 0. The Morgan fingerprint density at radius 1 is 1.25 bits per heavy atom. The zero-order valence-electron chi connectivity index (χ0n) is 13.2. The number of hydrogen-bond acceptors (Lipinski definition) is 3. The molecular weight excluding hydrogens is 252 g/mol. The van der Waals surface area contributed by atoms with Crippen LogP contribution in [0.25, 0.3) is 6.08 Å². The number of carbonyl (C=O) groups excluding carboxylic acids is 1. The van der Waals surface area contributed by atoms with Crippen LogP contribution in [0.2, 0.25) is 0 Å². The molecule has 0 atom stereocenters. The summed E-state index contributed by atoms with van der Waals surface area (Å²) < 4.78 is 10.9. The Labute approximate surface area is 121 Å². The third kappa shape index (κ3) is 5.91. The van der Waals surface area contributed by atoms with Gasteiger partial charge < -0.3 is 9.47 Å². The van der Waals surface area contributed by atoms with Crippen molar-refractivity contribution in [2.45, 2.75) is 53.2 Å². The Bertz CT molecular complexity index is 493. The minimum Gasteiger partial charge on any atom is -0.491 e. The first-order valence-electron chi connectivity index (χ1n) is 6.86. The maximum Gasteiger partial charge on any atom is 0.331 e. The Morgan fingerprint density at radius 3 is 2.40 bits per heavy atom. The average molecular weight is 276 g/mol. The molecule has 3 heteroatoms. The van der Waals surface area contributed by atoms with Gasteiger partial charge in [-0.05, 0) is 70.9 Å². The SMILES string of the molecule is Cc1cc(/C=C/C(=O)OC(C)(C)C)ccc1OC(C)C. The van der Waals surface area contributed by atoms with E-state index in [2.05, 4.69) is 0 Å². The summed E-state index contributed by atoms with van der Waals surface area (Å²) in [7, 11) is 0. The predicted molar refractivity (Wildman–Crippen MR) is 81.8 cm³/mol. The van der Waals surface area contributed by atoms with Crippen molar-refractivity contribution in [2.75, 3.05) is 0 Å². The molecule has 0 radical (unpaired) electrons. The van der Waals surface area contributed by atoms with E-state index in [4.69, 9.17) is 9.47 Å². The first-order valence-corrected chi connectivity index (χ1v) is 6.86. The summed E-state index contributed by atoms with van der Waals surface area (Å²) in [6, 6.07) is 5.83. The van der Waals surface area contributed by atoms with E-state index in [1.807, 2.05) is 59.7 Å². The van der Waals surface area contributed by atoms with Crippen LogP contribution in [0.3, 0.4) is 0 Å². The molecule has 110 valence electrons. The highest BCUT2D eigenvalue weighted by Gasteiger charge is 2.13. The van der Waals surface area contributed by atoms with Crippen LogP contribution in [0.1, 0.15) is 45.7 Å². The Balaban J connectivity index is 2.74. The summed E-state index contributed by atoms with van der Waals surface area (Å²) in [6.45, 7) is 11.5. The van der Waals surface area contributed by atoms with Crippen molar-refractivity contribution in [3.8, 4) is 5.75 Å². The summed E-state index contributed by atoms with van der Waals surface area (Å²) in [4.78, 5) is 11.6. The van der Waals surface area contributed by atoms with Crippen LogP contribution in [0.4, 0.5) is 0 Å². The van der Waals surface area contributed by atoms with Crippen molar-refractivity contribution in [3.05, 3.63) is 35.4 Å². The van der Waals surface area contributed by atoms with Gasteiger partial charge in [0.15, 0.2) is 0 Å². The highest BCUT2D eigenvalue weighted by molar-refractivity contribution is 5.87. The number of ether oxygens (including phenoxy) is 2. The van der Waals surface area contributed by atoms with Crippen molar-refractivity contribution in [2.24, 2.45) is 0 Å². The molecule has 20 heavy (non-hydrogen) atoms. The van der Waals surface area contributed by atoms with Crippen molar-refractivity contribution in [1.82, 2.24) is 0 Å². The van der Waals surface area contributed by atoms with Gasteiger partial charge >= 0.3 is 5.97 Å². The van der Waals surface area contributed by atoms with Gasteiger partial charge in [0, 0.05) is 6.08 Å². The molecule has 0 amide bonds. The highest BCUT2D eigenvalue weighted by Crippen LogP contribution is 2.21. The Hall–Kier alpha value is -1.77. The summed E-state index contributed by atoms with van der Waals surface area (Å²) in [5.41, 5.74) is 1.53. The number of aryl methyl sites for hydroxylation is 1. The number of carbonyl (C=O) groups is 1. The molecule has 0 N–H and O–H groups in total. The Morgan fingerprint density at radius 2 is 1.90 bits per heavy atom. The first kappa shape index (κ1) is 16.3. The fourth-order valence-electron chi connectivity index (χ4n) is 1.66. The summed E-state index contributed by atoms with van der Waals surface area (Å²) in [5, 5.41) is 0. The van der Waals surface area contributed by atoms with Gasteiger partial charge in [-0.25, -0.2) is 4.79 Å². The largest absolute Gasteiger partial charge is 0.491 e. The van der Waals surface area contributed by atoms with Gasteiger partial charge in [-0.15, -0.1) is 0 Å². The molecule has 1 aromatic rings. The molecule has 0 fully saturated rings. The topological polar surface area (TPSA) is 35.5 Å². The van der Waals surface area contributed by atoms with Gasteiger partial charge in [-0.1, -0.05) is 6.07 Å². The fraction of sp³-hybridized carbons (Fsp3) is 0.471. The van der Waals surface area contributed by atoms with Gasteiger partial charge in [0.1, 0.15) is 11.4 Å². The van der Waals surface area contributed by atoms with Crippen molar-refractivity contribution in [1.29, 1.82) is 0 Å². The molecule has 0 saturated heterocycles. The second-order valence-corrected chi connectivity index (χ2v) is 6.06. The van der Waals surface area contributed by atoms with Crippen LogP contribution in [-0.2, 0) is 9.53 Å². The minimum absolute atomic E-state index is 0.150. The highest BCUT2D eigenvalue weighted by atomic mass is 16.6. The molecule has 1 rings (SSSR count). The summed E-state index contributed by atoms with van der Waals surface area (Å²) in [5.74, 6) is 0.534. The lowest BCUT2D eigenvalue weighted by Gasteiger charge is -2.17. The molecule has 0 unspecified atom stereocenters. The lowest BCUT2D eigenvalue weighted by molar-refractivity contribution is -0.148. The van der Waals surface area contributed by atoms with Gasteiger partial charge in [0.2, 0.25) is 0 Å². The Kier molecular flexibility index (Phi) is 5.37. The van der Waals surface area contributed by atoms with E-state index in [0.717, 1.165) is 16.9 Å². The van der Waals surface area contributed by atoms with Crippen LogP contribution < -0.4 is 4.74 Å². The van der Waals surface area contributed by atoms with E-state index in [-0.39, 0.29) is 12.1 Å². The second-order valence-electron chi connectivity index (χ2n) is 6.06. The van der Waals surface area contributed by atoms with E-state index in [1.54, 1.807) is 6.08 Å². The summed E-state index contributed by atoms with van der Waals surface area (Å²) in [6.07, 6.45) is 3.35. The fourth-order valence-corrected chi connectivity index (χ4v) is 1.66. The van der Waals surface area contributed by atoms with Gasteiger partial charge in [0.05, 0.1) is 6.10 Å². The van der Waals surface area contributed by atoms with E-state index in [1.165, 1.54) is 6.08 Å². The number of rotatable bonds is 4. The smallest absolute Gasteiger partial charge is 0.331 e. The monoisotopic (exact) mass is 276 g/mol. The standard InChI is InChI=1S/C17H24O3/c1-12(2)19-15-9-7-14(11-13(15)3)8-10-16(18)20-17(4,5)6/h7-12H,1-6H3/b10-8+. The molecule has 1 aromatic carbocycles. The molecule has 0 aliphatic heterocycles. The quantitative estimate of drug-likeness (QED) is 0.612. The van der Waals surface area contributed by atoms with E-state index < -0.39 is 5.60 Å². The van der Waals surface area contributed by atoms with Crippen molar-refractivity contribution in [3.63, 3.8) is 0 Å². The molecule has 0 bridgehead atoms. The second kappa shape index (κ2) is 6.60. The van der Waals surface area contributed by atoms with E-state index in [0.29, 0.717) is 0 Å². The molecule has 0 heterocycles. The number of hydrogen-bond donors (Lipinski definition) is 0. The number of benzene rings is 1. The molecule has 0 aliphatic carbocycles. The molecule has 0 saturated carbocycles. The number of esters is 1. The molecule has 0 aliphatic rings. The van der Waals surface area contributed by atoms with Crippen LogP contribution in [-0.4, -0.2) is 17.7 Å². The zero-order chi connectivity index (χ0) is 15.3. The maximum atomic E-state index is 11.6. The van der Waals surface area contributed by atoms with Crippen LogP contribution >= 0.6 is 0 Å². The molecule has 0 spiro atoms. The molecule has 3 nitrogen and oxygen atoms in total. The third-order valence-corrected chi connectivity index (χ3v) is 2.38. The van der Waals surface area contributed by atoms with E-state index in [9.17, 15) is 4.79 Å². The lowest BCUT2D eigenvalue weighted by Crippen LogP contribution is -2.22. The normalized spacial score (nSPS) is 11.9. The minimum atomic E-state index is -0.466. The van der Waals surface area contributed by atoms with Gasteiger partial charge in [0.25, 0.3) is 0 Å². The van der Waals surface area contributed by atoms with E-state index >= 15 is 0 Å². The first-order chi connectivity index (χ1) is 9.17. The van der Waals surface area contributed by atoms with Gasteiger partial charge in [-0.2, -0.15) is 0 Å². The third-order valence-electron chi connectivity index (χ3n) is 2.38. The maximum absolute atomic E-state index is 11.6. The van der Waals surface area contributed by atoms with Crippen LogP contribution in [0.5, 0.6) is 5.75 Å².